The van der Waals surface area contributed by atoms with Gasteiger partial charge in [0, 0.05) is 49.2 Å². The first-order chi connectivity index (χ1) is 14.0. The van der Waals surface area contributed by atoms with Gasteiger partial charge < -0.3 is 14.7 Å². The van der Waals surface area contributed by atoms with Gasteiger partial charge in [0.25, 0.3) is 0 Å². The summed E-state index contributed by atoms with van der Waals surface area (Å²) < 4.78 is 0. The van der Waals surface area contributed by atoms with Crippen molar-refractivity contribution in [1.29, 1.82) is 0 Å². The van der Waals surface area contributed by atoms with E-state index in [2.05, 4.69) is 43.9 Å². The van der Waals surface area contributed by atoms with Crippen molar-refractivity contribution < 1.29 is 9.59 Å². The third kappa shape index (κ3) is 3.50. The number of anilines is 3. The normalized spacial score (nSPS) is 20.9. The van der Waals surface area contributed by atoms with E-state index in [1.165, 1.54) is 5.56 Å². The van der Waals surface area contributed by atoms with Crippen molar-refractivity contribution in [3.05, 3.63) is 54.1 Å². The maximum atomic E-state index is 13.3. The molecule has 5 heteroatoms. The third-order valence-electron chi connectivity index (χ3n) is 6.21. The first-order valence-corrected chi connectivity index (χ1v) is 10.6. The Labute approximate surface area is 172 Å². The van der Waals surface area contributed by atoms with Crippen molar-refractivity contribution in [2.24, 2.45) is 5.92 Å². The average Bonchev–Trinajstić information content (AvgIpc) is 3.28. The summed E-state index contributed by atoms with van der Waals surface area (Å²) in [5.74, 6) is -0.198. The van der Waals surface area contributed by atoms with Crippen LogP contribution < -0.4 is 14.7 Å². The van der Waals surface area contributed by atoms with E-state index >= 15 is 0 Å². The highest BCUT2D eigenvalue weighted by Gasteiger charge is 2.41. The van der Waals surface area contributed by atoms with Crippen LogP contribution in [0, 0.1) is 5.92 Å². The summed E-state index contributed by atoms with van der Waals surface area (Å²) >= 11 is 0. The standard InChI is InChI=1S/C24H29N3O2/c1-4-25(5-2)20-10-12-21(13-11-20)26-16-19(15-23(26)28)24(29)27-17(3)14-18-8-6-7-9-22(18)27/h6-13,17,19H,4-5,14-16H2,1-3H3. The van der Waals surface area contributed by atoms with Crippen LogP contribution in [-0.2, 0) is 16.0 Å². The quantitative estimate of drug-likeness (QED) is 0.777. The molecule has 0 N–H and O–H groups in total. The molecule has 1 saturated heterocycles. The molecule has 0 radical (unpaired) electrons. The highest BCUT2D eigenvalue weighted by Crippen LogP contribution is 2.35. The fourth-order valence-electron chi connectivity index (χ4n) is 4.65. The van der Waals surface area contributed by atoms with Crippen LogP contribution in [0.4, 0.5) is 17.1 Å². The maximum Gasteiger partial charge on any atom is 0.232 e. The maximum absolute atomic E-state index is 13.3. The van der Waals surface area contributed by atoms with Gasteiger partial charge in [0.05, 0.1) is 5.92 Å². The second-order valence-corrected chi connectivity index (χ2v) is 7.98. The number of nitrogens with zero attached hydrogens (tertiary/aromatic N) is 3. The molecule has 0 saturated carbocycles. The van der Waals surface area contributed by atoms with Gasteiger partial charge in [0.2, 0.25) is 11.8 Å². The van der Waals surface area contributed by atoms with E-state index in [1.807, 2.05) is 35.2 Å². The molecule has 5 nitrogen and oxygen atoms in total. The summed E-state index contributed by atoms with van der Waals surface area (Å²) in [6.45, 7) is 8.70. The summed E-state index contributed by atoms with van der Waals surface area (Å²) in [6.07, 6.45) is 1.15. The van der Waals surface area contributed by atoms with E-state index in [9.17, 15) is 9.59 Å². The molecular weight excluding hydrogens is 362 g/mol. The number of para-hydroxylation sites is 1. The van der Waals surface area contributed by atoms with Gasteiger partial charge in [0.15, 0.2) is 0 Å². The summed E-state index contributed by atoms with van der Waals surface area (Å²) in [4.78, 5) is 32.0. The topological polar surface area (TPSA) is 43.9 Å². The second kappa shape index (κ2) is 7.90. The Hall–Kier alpha value is -2.82. The van der Waals surface area contributed by atoms with Crippen LogP contribution in [0.1, 0.15) is 32.8 Å². The van der Waals surface area contributed by atoms with Gasteiger partial charge in [0.1, 0.15) is 0 Å². The molecule has 2 heterocycles. The summed E-state index contributed by atoms with van der Waals surface area (Å²) in [6, 6.07) is 16.3. The summed E-state index contributed by atoms with van der Waals surface area (Å²) in [7, 11) is 0. The summed E-state index contributed by atoms with van der Waals surface area (Å²) in [5.41, 5.74) is 4.23. The van der Waals surface area contributed by atoms with Crippen molar-refractivity contribution in [2.45, 2.75) is 39.7 Å². The van der Waals surface area contributed by atoms with Crippen LogP contribution in [0.2, 0.25) is 0 Å². The SMILES string of the molecule is CCN(CC)c1ccc(N2CC(C(=O)N3c4ccccc4CC3C)CC2=O)cc1. The fourth-order valence-corrected chi connectivity index (χ4v) is 4.65. The molecule has 152 valence electrons. The first-order valence-electron chi connectivity index (χ1n) is 10.6. The molecule has 1 fully saturated rings. The average molecular weight is 392 g/mol. The zero-order chi connectivity index (χ0) is 20.5. The number of carbonyl (C=O) groups excluding carboxylic acids is 2. The molecule has 2 atom stereocenters. The van der Waals surface area contributed by atoms with Crippen LogP contribution in [0.25, 0.3) is 0 Å². The van der Waals surface area contributed by atoms with Crippen molar-refractivity contribution in [3.8, 4) is 0 Å². The van der Waals surface area contributed by atoms with Gasteiger partial charge >= 0.3 is 0 Å². The lowest BCUT2D eigenvalue weighted by molar-refractivity contribution is -0.124. The molecule has 2 unspecified atom stereocenters. The minimum Gasteiger partial charge on any atom is -0.372 e. The van der Waals surface area contributed by atoms with Gasteiger partial charge in [-0.1, -0.05) is 18.2 Å². The smallest absolute Gasteiger partial charge is 0.232 e. The third-order valence-corrected chi connectivity index (χ3v) is 6.21. The molecule has 2 aliphatic rings. The Bertz CT molecular complexity index is 905. The minimum absolute atomic E-state index is 0.0269. The first kappa shape index (κ1) is 19.5. The van der Waals surface area contributed by atoms with E-state index in [4.69, 9.17) is 0 Å². The molecule has 0 aromatic heterocycles. The predicted octanol–water partition coefficient (Wildman–Crippen LogP) is 3.86. The molecule has 0 spiro atoms. The number of carbonyl (C=O) groups is 2. The second-order valence-electron chi connectivity index (χ2n) is 7.98. The number of fused-ring (bicyclic) bond motifs is 1. The Kier molecular flexibility index (Phi) is 5.31. The number of hydrogen-bond acceptors (Lipinski definition) is 3. The number of rotatable bonds is 5. The lowest BCUT2D eigenvalue weighted by Gasteiger charge is -2.26. The highest BCUT2D eigenvalue weighted by atomic mass is 16.2. The van der Waals surface area contributed by atoms with Gasteiger partial charge in [-0.05, 0) is 63.1 Å². The van der Waals surface area contributed by atoms with Gasteiger partial charge in [-0.25, -0.2) is 0 Å². The van der Waals surface area contributed by atoms with E-state index in [0.29, 0.717) is 6.54 Å². The van der Waals surface area contributed by atoms with Crippen LogP contribution in [0.15, 0.2) is 48.5 Å². The van der Waals surface area contributed by atoms with Crippen LogP contribution in [0.5, 0.6) is 0 Å². The number of hydrogen-bond donors (Lipinski definition) is 0. The molecule has 2 amide bonds. The van der Waals surface area contributed by atoms with Crippen LogP contribution in [0.3, 0.4) is 0 Å². The largest absolute Gasteiger partial charge is 0.372 e. The number of amides is 2. The lowest BCUT2D eigenvalue weighted by Crippen LogP contribution is -2.41. The molecule has 2 aliphatic heterocycles. The predicted molar refractivity (Wildman–Crippen MR) is 118 cm³/mol. The fraction of sp³-hybridized carbons (Fsp3) is 0.417. The monoisotopic (exact) mass is 391 g/mol. The molecular formula is C24H29N3O2. The lowest BCUT2D eigenvalue weighted by atomic mass is 10.1. The highest BCUT2D eigenvalue weighted by molar-refractivity contribution is 6.05. The zero-order valence-corrected chi connectivity index (χ0v) is 17.5. The molecule has 29 heavy (non-hydrogen) atoms. The zero-order valence-electron chi connectivity index (χ0n) is 17.5. The minimum atomic E-state index is -0.293. The molecule has 4 rings (SSSR count). The van der Waals surface area contributed by atoms with E-state index < -0.39 is 0 Å². The van der Waals surface area contributed by atoms with Crippen molar-refractivity contribution in [1.82, 2.24) is 0 Å². The Morgan fingerprint density at radius 2 is 1.72 bits per heavy atom. The molecule has 2 aromatic rings. The molecule has 0 bridgehead atoms. The van der Waals surface area contributed by atoms with E-state index in [1.54, 1.807) is 4.90 Å². The Morgan fingerprint density at radius 3 is 2.41 bits per heavy atom. The Morgan fingerprint density at radius 1 is 1.03 bits per heavy atom. The van der Waals surface area contributed by atoms with E-state index in [0.717, 1.165) is 36.6 Å². The van der Waals surface area contributed by atoms with Gasteiger partial charge in [-0.15, -0.1) is 0 Å². The van der Waals surface area contributed by atoms with Crippen LogP contribution >= 0.6 is 0 Å². The number of benzene rings is 2. The van der Waals surface area contributed by atoms with Gasteiger partial charge in [-0.2, -0.15) is 0 Å². The van der Waals surface area contributed by atoms with Crippen molar-refractivity contribution >= 4 is 28.9 Å². The van der Waals surface area contributed by atoms with E-state index in [-0.39, 0.29) is 30.2 Å². The van der Waals surface area contributed by atoms with Crippen LogP contribution in [-0.4, -0.2) is 37.5 Å². The molecule has 2 aromatic carbocycles. The van der Waals surface area contributed by atoms with Gasteiger partial charge in [-0.3, -0.25) is 9.59 Å². The Balaban J connectivity index is 1.50. The van der Waals surface area contributed by atoms with Crippen molar-refractivity contribution in [2.75, 3.05) is 34.3 Å². The van der Waals surface area contributed by atoms with Crippen molar-refractivity contribution in [3.63, 3.8) is 0 Å². The molecule has 0 aliphatic carbocycles. The summed E-state index contributed by atoms with van der Waals surface area (Å²) in [5, 5.41) is 0.